The topological polar surface area (TPSA) is 53.4 Å². The van der Waals surface area contributed by atoms with E-state index in [1.165, 1.54) is 12.1 Å². The van der Waals surface area contributed by atoms with E-state index in [4.69, 9.17) is 5.11 Å². The highest BCUT2D eigenvalue weighted by Gasteiger charge is 2.33. The summed E-state index contributed by atoms with van der Waals surface area (Å²) < 4.78 is 38.1. The van der Waals surface area contributed by atoms with Gasteiger partial charge in [0.05, 0.1) is 0 Å². The number of hydrogen-bond donors (Lipinski definition) is 1. The molecular formula is C13H13F3N2O2. The summed E-state index contributed by atoms with van der Waals surface area (Å²) in [5.74, 6) is -0.966. The number of carboxylic acids is 1. The summed E-state index contributed by atoms with van der Waals surface area (Å²) in [7, 11) is 0. The average molecular weight is 286 g/mol. The molecule has 0 unspecified atom stereocenters. The van der Waals surface area contributed by atoms with Crippen LogP contribution in [0, 0.1) is 0 Å². The Balaban J connectivity index is 2.42. The molecule has 2 heterocycles. The van der Waals surface area contributed by atoms with Gasteiger partial charge in [0.2, 0.25) is 0 Å². The van der Waals surface area contributed by atoms with E-state index in [0.29, 0.717) is 18.7 Å². The minimum atomic E-state index is -4.51. The van der Waals surface area contributed by atoms with Crippen molar-refractivity contribution in [3.63, 3.8) is 0 Å². The lowest BCUT2D eigenvalue weighted by atomic mass is 10.2. The highest BCUT2D eigenvalue weighted by molar-refractivity contribution is 5.86. The second-order valence-electron chi connectivity index (χ2n) is 4.47. The van der Waals surface area contributed by atoms with Gasteiger partial charge in [-0.15, -0.1) is 0 Å². The van der Waals surface area contributed by atoms with Crippen molar-refractivity contribution in [2.45, 2.75) is 19.0 Å². The number of pyridine rings is 1. The van der Waals surface area contributed by atoms with Crippen LogP contribution in [0.15, 0.2) is 18.2 Å². The molecule has 1 N–H and O–H groups in total. The normalized spacial score (nSPS) is 16.1. The molecule has 0 aliphatic carbocycles. The maximum Gasteiger partial charge on any atom is 0.433 e. The molecule has 1 aliphatic rings. The Kier molecular flexibility index (Phi) is 3.96. The summed E-state index contributed by atoms with van der Waals surface area (Å²) in [6.45, 7) is 1.25. The third kappa shape index (κ3) is 3.28. The zero-order chi connectivity index (χ0) is 14.8. The van der Waals surface area contributed by atoms with Crippen LogP contribution in [0.2, 0.25) is 0 Å². The van der Waals surface area contributed by atoms with Gasteiger partial charge in [-0.25, -0.2) is 9.78 Å². The van der Waals surface area contributed by atoms with Crippen molar-refractivity contribution in [1.29, 1.82) is 0 Å². The second-order valence-corrected chi connectivity index (χ2v) is 4.47. The summed E-state index contributed by atoms with van der Waals surface area (Å²) in [6.07, 6.45) is -0.573. The smallest absolute Gasteiger partial charge is 0.433 e. The van der Waals surface area contributed by atoms with Gasteiger partial charge in [0.15, 0.2) is 0 Å². The Morgan fingerprint density at radius 1 is 1.30 bits per heavy atom. The highest BCUT2D eigenvalue weighted by atomic mass is 19.4. The van der Waals surface area contributed by atoms with Gasteiger partial charge in [0, 0.05) is 24.7 Å². The molecule has 0 atom stereocenters. The maximum absolute atomic E-state index is 12.7. The quantitative estimate of drug-likeness (QED) is 0.868. The number of rotatable bonds is 3. The zero-order valence-electron chi connectivity index (χ0n) is 10.5. The molecule has 1 aromatic heterocycles. The first-order valence-corrected chi connectivity index (χ1v) is 6.12. The van der Waals surface area contributed by atoms with Crippen LogP contribution in [0.25, 0.3) is 6.08 Å². The van der Waals surface area contributed by atoms with Gasteiger partial charge in [-0.2, -0.15) is 13.2 Å². The van der Waals surface area contributed by atoms with Crippen LogP contribution >= 0.6 is 0 Å². The summed E-state index contributed by atoms with van der Waals surface area (Å²) in [5, 5.41) is 8.61. The van der Waals surface area contributed by atoms with Crippen molar-refractivity contribution >= 4 is 17.9 Å². The summed E-state index contributed by atoms with van der Waals surface area (Å²) in [6, 6.07) is 2.12. The van der Waals surface area contributed by atoms with Crippen LogP contribution in [0.4, 0.5) is 19.0 Å². The minimum absolute atomic E-state index is 0.190. The molecule has 0 saturated carbocycles. The number of carbonyl (C=O) groups is 1. The molecule has 1 saturated heterocycles. The lowest BCUT2D eigenvalue weighted by Crippen LogP contribution is -2.22. The second kappa shape index (κ2) is 5.52. The standard InChI is InChI=1S/C13H13F3N2O2/c14-13(15,16)10-5-3-9(4-6-11(19)20)12(17-10)18-7-1-2-8-18/h3-6H,1-2,7-8H2,(H,19,20)/b6-4+. The monoisotopic (exact) mass is 286 g/mol. The predicted molar refractivity (Wildman–Crippen MR) is 67.4 cm³/mol. The van der Waals surface area contributed by atoms with Crippen LogP contribution in [0.5, 0.6) is 0 Å². The maximum atomic E-state index is 12.7. The summed E-state index contributed by atoms with van der Waals surface area (Å²) >= 11 is 0. The van der Waals surface area contributed by atoms with Crippen molar-refractivity contribution in [3.8, 4) is 0 Å². The van der Waals surface area contributed by atoms with Gasteiger partial charge in [-0.3, -0.25) is 0 Å². The lowest BCUT2D eigenvalue weighted by molar-refractivity contribution is -0.141. The predicted octanol–water partition coefficient (Wildman–Crippen LogP) is 2.80. The lowest BCUT2D eigenvalue weighted by Gasteiger charge is -2.20. The highest BCUT2D eigenvalue weighted by Crippen LogP contribution is 2.32. The molecule has 0 aromatic carbocycles. The fourth-order valence-corrected chi connectivity index (χ4v) is 2.09. The Morgan fingerprint density at radius 2 is 1.95 bits per heavy atom. The van der Waals surface area contributed by atoms with E-state index in [-0.39, 0.29) is 5.82 Å². The molecule has 2 rings (SSSR count). The van der Waals surface area contributed by atoms with E-state index in [9.17, 15) is 18.0 Å². The number of carboxylic acid groups (broad SMARTS) is 1. The van der Waals surface area contributed by atoms with Crippen LogP contribution < -0.4 is 4.90 Å². The number of halogens is 3. The van der Waals surface area contributed by atoms with E-state index < -0.39 is 17.8 Å². The van der Waals surface area contributed by atoms with Gasteiger partial charge in [0.1, 0.15) is 11.5 Å². The van der Waals surface area contributed by atoms with Crippen molar-refractivity contribution < 1.29 is 23.1 Å². The first-order valence-electron chi connectivity index (χ1n) is 6.12. The number of anilines is 1. The Morgan fingerprint density at radius 3 is 2.50 bits per heavy atom. The van der Waals surface area contributed by atoms with E-state index in [1.807, 2.05) is 0 Å². The molecule has 108 valence electrons. The Bertz CT molecular complexity index is 535. The van der Waals surface area contributed by atoms with Crippen molar-refractivity contribution in [2.75, 3.05) is 18.0 Å². The van der Waals surface area contributed by atoms with Crippen molar-refractivity contribution in [1.82, 2.24) is 4.98 Å². The first kappa shape index (κ1) is 14.4. The molecular weight excluding hydrogens is 273 g/mol. The number of hydrogen-bond acceptors (Lipinski definition) is 3. The SMILES string of the molecule is O=C(O)/C=C/c1ccc(C(F)(F)F)nc1N1CCCC1. The number of alkyl halides is 3. The van der Waals surface area contributed by atoms with Gasteiger partial charge < -0.3 is 10.0 Å². The Hall–Kier alpha value is -2.05. The molecule has 1 aliphatic heterocycles. The van der Waals surface area contributed by atoms with Crippen LogP contribution in [0.1, 0.15) is 24.1 Å². The van der Waals surface area contributed by atoms with Crippen molar-refractivity contribution in [2.24, 2.45) is 0 Å². The summed E-state index contributed by atoms with van der Waals surface area (Å²) in [4.78, 5) is 15.9. The number of aromatic nitrogens is 1. The molecule has 0 bridgehead atoms. The van der Waals surface area contributed by atoms with Gasteiger partial charge in [0.25, 0.3) is 0 Å². The minimum Gasteiger partial charge on any atom is -0.478 e. The average Bonchev–Trinajstić information content (AvgIpc) is 2.88. The molecule has 7 heteroatoms. The first-order chi connectivity index (χ1) is 9.38. The van der Waals surface area contributed by atoms with Gasteiger partial charge >= 0.3 is 12.1 Å². The molecule has 4 nitrogen and oxygen atoms in total. The van der Waals surface area contributed by atoms with E-state index in [1.54, 1.807) is 4.90 Å². The Labute approximate surface area is 113 Å². The molecule has 1 fully saturated rings. The zero-order valence-corrected chi connectivity index (χ0v) is 10.5. The summed E-state index contributed by atoms with van der Waals surface area (Å²) in [5.41, 5.74) is -0.589. The number of nitrogens with zero attached hydrogens (tertiary/aromatic N) is 2. The third-order valence-corrected chi connectivity index (χ3v) is 3.01. The van der Waals surface area contributed by atoms with E-state index in [2.05, 4.69) is 4.98 Å². The van der Waals surface area contributed by atoms with E-state index >= 15 is 0 Å². The molecule has 20 heavy (non-hydrogen) atoms. The molecule has 0 radical (unpaired) electrons. The fourth-order valence-electron chi connectivity index (χ4n) is 2.09. The van der Waals surface area contributed by atoms with Gasteiger partial charge in [-0.05, 0) is 31.1 Å². The number of aliphatic carboxylic acids is 1. The van der Waals surface area contributed by atoms with Crippen LogP contribution in [-0.2, 0) is 11.0 Å². The molecule has 0 spiro atoms. The molecule has 0 amide bonds. The third-order valence-electron chi connectivity index (χ3n) is 3.01. The largest absolute Gasteiger partial charge is 0.478 e. The van der Waals surface area contributed by atoms with Gasteiger partial charge in [-0.1, -0.05) is 0 Å². The van der Waals surface area contributed by atoms with Crippen molar-refractivity contribution in [3.05, 3.63) is 29.5 Å². The fraction of sp³-hybridized carbons (Fsp3) is 0.385. The molecule has 1 aromatic rings. The van der Waals surface area contributed by atoms with E-state index in [0.717, 1.165) is 25.0 Å². The van der Waals surface area contributed by atoms with Crippen LogP contribution in [-0.4, -0.2) is 29.1 Å². The van der Waals surface area contributed by atoms with Crippen LogP contribution in [0.3, 0.4) is 0 Å².